The number of nitrogens with one attached hydrogen (secondary N) is 1. The minimum absolute atomic E-state index is 0.0571. The van der Waals surface area contributed by atoms with Crippen LogP contribution in [0.2, 0.25) is 0 Å². The van der Waals surface area contributed by atoms with Crippen LogP contribution in [0.15, 0.2) is 63.6 Å². The smallest absolute Gasteiger partial charge is 0.412 e. The Morgan fingerprint density at radius 3 is 2.42 bits per heavy atom. The first-order valence-electron chi connectivity index (χ1n) is 7.46. The molecule has 0 fully saturated rings. The predicted molar refractivity (Wildman–Crippen MR) is 104 cm³/mol. The van der Waals surface area contributed by atoms with Crippen LogP contribution in [-0.4, -0.2) is 22.3 Å². The molecular weight excluding hydrogens is 470 g/mol. The molecule has 6 nitrogen and oxygen atoms in total. The molecule has 8 heteroatoms. The van der Waals surface area contributed by atoms with Gasteiger partial charge in [0.15, 0.2) is 0 Å². The van der Waals surface area contributed by atoms with Crippen molar-refractivity contribution in [1.29, 1.82) is 0 Å². The molecule has 0 heterocycles. The summed E-state index contributed by atoms with van der Waals surface area (Å²) >= 11 is 6.60. The zero-order valence-corrected chi connectivity index (χ0v) is 16.5. The fourth-order valence-electron chi connectivity index (χ4n) is 2.12. The van der Waals surface area contributed by atoms with Gasteiger partial charge in [-0.1, -0.05) is 37.9 Å². The summed E-state index contributed by atoms with van der Waals surface area (Å²) in [6, 6.07) is 11.6. The van der Waals surface area contributed by atoms with Gasteiger partial charge in [-0.25, -0.2) is 9.59 Å². The second kappa shape index (κ2) is 9.40. The summed E-state index contributed by atoms with van der Waals surface area (Å²) in [5, 5.41) is 21.4. The van der Waals surface area contributed by atoms with E-state index in [1.165, 1.54) is 12.1 Å². The van der Waals surface area contributed by atoms with Crippen LogP contribution in [-0.2, 0) is 9.53 Å². The fraction of sp³-hybridized carbons (Fsp3) is 0.111. The SMILES string of the molecule is O=C(O)/C=C/C[C@@H](OC(=O)Nc1ccc(Br)cc1)c1cc(Br)ccc1O. The molecule has 136 valence electrons. The molecule has 2 aromatic carbocycles. The first-order valence-corrected chi connectivity index (χ1v) is 9.05. The van der Waals surface area contributed by atoms with E-state index in [-0.39, 0.29) is 12.2 Å². The van der Waals surface area contributed by atoms with E-state index < -0.39 is 18.2 Å². The number of benzene rings is 2. The number of carboxylic acids is 1. The number of carbonyl (C=O) groups is 2. The summed E-state index contributed by atoms with van der Waals surface area (Å²) in [7, 11) is 0. The Labute approximate surface area is 166 Å². The van der Waals surface area contributed by atoms with Gasteiger partial charge in [-0.15, -0.1) is 0 Å². The molecule has 0 saturated carbocycles. The molecule has 0 bridgehead atoms. The predicted octanol–water partition coefficient (Wildman–Crippen LogP) is 5.24. The molecule has 2 aromatic rings. The average Bonchev–Trinajstić information content (AvgIpc) is 2.58. The highest BCUT2D eigenvalue weighted by atomic mass is 79.9. The number of hydrogen-bond donors (Lipinski definition) is 3. The number of halogens is 2. The molecule has 3 N–H and O–H groups in total. The number of aromatic hydroxyl groups is 1. The standard InChI is InChI=1S/C18H15Br2NO5/c19-11-4-7-13(8-5-11)21-18(25)26-16(2-1-3-17(23)24)14-10-12(20)6-9-15(14)22/h1,3-10,16,22H,2H2,(H,21,25)(H,23,24)/b3-1+/t16-/m1/s1. The average molecular weight is 485 g/mol. The van der Waals surface area contributed by atoms with Gasteiger partial charge in [0.25, 0.3) is 0 Å². The lowest BCUT2D eigenvalue weighted by Crippen LogP contribution is -2.17. The zero-order chi connectivity index (χ0) is 19.1. The van der Waals surface area contributed by atoms with Gasteiger partial charge >= 0.3 is 12.1 Å². The number of amides is 1. The van der Waals surface area contributed by atoms with E-state index >= 15 is 0 Å². The maximum atomic E-state index is 12.2. The van der Waals surface area contributed by atoms with Crippen LogP contribution in [0.5, 0.6) is 5.75 Å². The Morgan fingerprint density at radius 1 is 1.12 bits per heavy atom. The number of carbonyl (C=O) groups excluding carboxylic acids is 1. The Morgan fingerprint density at radius 2 is 1.77 bits per heavy atom. The number of anilines is 1. The quantitative estimate of drug-likeness (QED) is 0.487. The molecule has 0 aliphatic carbocycles. The molecule has 0 spiro atoms. The third-order valence-electron chi connectivity index (χ3n) is 3.29. The molecule has 26 heavy (non-hydrogen) atoms. The van der Waals surface area contributed by atoms with Crippen molar-refractivity contribution in [1.82, 2.24) is 0 Å². The number of rotatable bonds is 6. The number of carboxylic acid groups (broad SMARTS) is 1. The van der Waals surface area contributed by atoms with Crippen molar-refractivity contribution in [2.75, 3.05) is 5.32 Å². The lowest BCUT2D eigenvalue weighted by atomic mass is 10.1. The Balaban J connectivity index is 2.17. The maximum Gasteiger partial charge on any atom is 0.412 e. The van der Waals surface area contributed by atoms with Gasteiger partial charge in [-0.3, -0.25) is 5.32 Å². The monoisotopic (exact) mass is 483 g/mol. The van der Waals surface area contributed by atoms with Crippen LogP contribution >= 0.6 is 31.9 Å². The van der Waals surface area contributed by atoms with Crippen molar-refractivity contribution in [2.24, 2.45) is 0 Å². The number of ether oxygens (including phenoxy) is 1. The number of phenolic OH excluding ortho intramolecular Hbond substituents is 1. The van der Waals surface area contributed by atoms with Crippen molar-refractivity contribution >= 4 is 49.6 Å². The van der Waals surface area contributed by atoms with Crippen LogP contribution in [0.25, 0.3) is 0 Å². The summed E-state index contributed by atoms with van der Waals surface area (Å²) in [6.07, 6.45) is 0.821. The topological polar surface area (TPSA) is 95.9 Å². The second-order valence-corrected chi connectivity index (χ2v) is 7.04. The minimum atomic E-state index is -1.11. The van der Waals surface area contributed by atoms with E-state index in [1.54, 1.807) is 36.4 Å². The summed E-state index contributed by atoms with van der Waals surface area (Å²) in [5.41, 5.74) is 0.900. The second-order valence-electron chi connectivity index (χ2n) is 5.21. The molecule has 1 amide bonds. The number of hydrogen-bond acceptors (Lipinski definition) is 4. The molecule has 0 aliphatic rings. The van der Waals surface area contributed by atoms with Gasteiger partial charge in [-0.2, -0.15) is 0 Å². The van der Waals surface area contributed by atoms with Gasteiger partial charge in [0.05, 0.1) is 0 Å². The van der Waals surface area contributed by atoms with Crippen LogP contribution in [0, 0.1) is 0 Å². The molecule has 0 saturated heterocycles. The van der Waals surface area contributed by atoms with Crippen LogP contribution in [0.3, 0.4) is 0 Å². The highest BCUT2D eigenvalue weighted by Gasteiger charge is 2.20. The van der Waals surface area contributed by atoms with Crippen molar-refractivity contribution in [3.8, 4) is 5.75 Å². The van der Waals surface area contributed by atoms with E-state index in [9.17, 15) is 14.7 Å². The van der Waals surface area contributed by atoms with E-state index in [1.807, 2.05) is 0 Å². The summed E-state index contributed by atoms with van der Waals surface area (Å²) in [5.74, 6) is -1.17. The number of phenols is 1. The first kappa shape index (κ1) is 20.0. The minimum Gasteiger partial charge on any atom is -0.508 e. The molecule has 2 rings (SSSR count). The molecule has 1 atom stereocenters. The van der Waals surface area contributed by atoms with Crippen molar-refractivity contribution in [2.45, 2.75) is 12.5 Å². The highest BCUT2D eigenvalue weighted by molar-refractivity contribution is 9.10. The lowest BCUT2D eigenvalue weighted by Gasteiger charge is -2.18. The van der Waals surface area contributed by atoms with Gasteiger partial charge in [0, 0.05) is 32.7 Å². The maximum absolute atomic E-state index is 12.2. The van der Waals surface area contributed by atoms with E-state index in [0.717, 1.165) is 10.5 Å². The molecule has 0 unspecified atom stereocenters. The van der Waals surface area contributed by atoms with Crippen LogP contribution in [0.4, 0.5) is 10.5 Å². The summed E-state index contributed by atoms with van der Waals surface area (Å²) in [6.45, 7) is 0. The third-order valence-corrected chi connectivity index (χ3v) is 4.31. The van der Waals surface area contributed by atoms with Gasteiger partial charge in [0.2, 0.25) is 0 Å². The van der Waals surface area contributed by atoms with Crippen LogP contribution in [0.1, 0.15) is 18.1 Å². The van der Waals surface area contributed by atoms with Gasteiger partial charge in [0.1, 0.15) is 11.9 Å². The molecule has 0 aromatic heterocycles. The Hall–Kier alpha value is -2.32. The first-order chi connectivity index (χ1) is 12.3. The van der Waals surface area contributed by atoms with Crippen LogP contribution < -0.4 is 5.32 Å². The third kappa shape index (κ3) is 6.20. The van der Waals surface area contributed by atoms with E-state index in [0.29, 0.717) is 15.7 Å². The summed E-state index contributed by atoms with van der Waals surface area (Å²) < 4.78 is 6.96. The number of aliphatic carboxylic acids is 1. The molecule has 0 aliphatic heterocycles. The Kier molecular flexibility index (Phi) is 7.23. The molecular formula is C18H15Br2NO5. The fourth-order valence-corrected chi connectivity index (χ4v) is 2.77. The van der Waals surface area contributed by atoms with E-state index in [2.05, 4.69) is 37.2 Å². The largest absolute Gasteiger partial charge is 0.508 e. The van der Waals surface area contributed by atoms with Crippen molar-refractivity contribution in [3.05, 3.63) is 69.1 Å². The molecule has 0 radical (unpaired) electrons. The normalized spacial score (nSPS) is 11.9. The highest BCUT2D eigenvalue weighted by Crippen LogP contribution is 2.32. The van der Waals surface area contributed by atoms with Crippen molar-refractivity contribution in [3.63, 3.8) is 0 Å². The van der Waals surface area contributed by atoms with Gasteiger partial charge < -0.3 is 14.9 Å². The van der Waals surface area contributed by atoms with Gasteiger partial charge in [-0.05, 0) is 42.5 Å². The zero-order valence-electron chi connectivity index (χ0n) is 13.4. The van der Waals surface area contributed by atoms with E-state index in [4.69, 9.17) is 9.84 Å². The lowest BCUT2D eigenvalue weighted by molar-refractivity contribution is -0.131. The summed E-state index contributed by atoms with van der Waals surface area (Å²) in [4.78, 5) is 22.9. The Bertz CT molecular complexity index is 821. The van der Waals surface area contributed by atoms with Crippen molar-refractivity contribution < 1.29 is 24.5 Å².